The molecule has 0 spiro atoms. The van der Waals surface area contributed by atoms with E-state index in [-0.39, 0.29) is 12.2 Å². The summed E-state index contributed by atoms with van der Waals surface area (Å²) < 4.78 is 97.1. The summed E-state index contributed by atoms with van der Waals surface area (Å²) in [4.78, 5) is 11.4. The fraction of sp³-hybridized carbons (Fsp3) is 0.278. The maximum absolute atomic E-state index is 14.6. The van der Waals surface area contributed by atoms with Gasteiger partial charge in [-0.05, 0) is 30.7 Å². The molecule has 0 saturated heterocycles. The molecule has 0 aliphatic heterocycles. The fourth-order valence-electron chi connectivity index (χ4n) is 2.44. The Balaban J connectivity index is 2.34. The number of alkyl halides is 6. The number of carbonyl (C=O) groups excluding carboxylic acids is 1. The number of halogens is 7. The van der Waals surface area contributed by atoms with Crippen LogP contribution in [-0.2, 0) is 23.6 Å². The van der Waals surface area contributed by atoms with E-state index >= 15 is 0 Å². The number of hydrogen-bond donors (Lipinski definition) is 3. The molecule has 2 aromatic carbocycles. The van der Waals surface area contributed by atoms with Crippen LogP contribution in [0.1, 0.15) is 23.6 Å². The Kier molecular flexibility index (Phi) is 6.68. The molecular weight excluding hydrogens is 423 g/mol. The summed E-state index contributed by atoms with van der Waals surface area (Å²) in [5.74, 6) is -1.48. The highest BCUT2D eigenvalue weighted by atomic mass is 19.4. The first-order chi connectivity index (χ1) is 13.8. The predicted molar refractivity (Wildman–Crippen MR) is 95.2 cm³/mol. The van der Waals surface area contributed by atoms with Crippen LogP contribution in [0.5, 0.6) is 0 Å². The number of nitrogen functional groups attached to an aromatic ring is 1. The van der Waals surface area contributed by atoms with E-state index in [1.807, 2.05) is 5.32 Å². The first-order valence-electron chi connectivity index (χ1n) is 8.37. The van der Waals surface area contributed by atoms with Gasteiger partial charge in [-0.25, -0.2) is 9.18 Å². The molecule has 2 rings (SSSR count). The van der Waals surface area contributed by atoms with Crippen molar-refractivity contribution < 1.29 is 40.3 Å². The van der Waals surface area contributed by atoms with E-state index < -0.39 is 59.0 Å². The van der Waals surface area contributed by atoms with Crippen molar-refractivity contribution in [2.75, 3.05) is 23.0 Å². The van der Waals surface area contributed by atoms with Crippen molar-refractivity contribution in [2.24, 2.45) is 0 Å². The molecule has 0 aromatic heterocycles. The summed E-state index contributed by atoms with van der Waals surface area (Å²) in [6, 6.07) is 4.02. The molecule has 5 nitrogen and oxygen atoms in total. The topological polar surface area (TPSA) is 76.4 Å². The standard InChI is InChI=1S/C18H16F7N3O2/c1-2-30-16(29)28-12-7-11(18(23,24)25)15(13(19)14(12)26)27-8-9-3-5-10(6-4-9)17(20,21)22/h3-7,27H,2,8,26H2,1H3,(H,28,29). The lowest BCUT2D eigenvalue weighted by molar-refractivity contribution is -0.138. The Morgan fingerprint density at radius 3 is 2.17 bits per heavy atom. The number of ether oxygens (including phenoxy) is 1. The third-order valence-electron chi connectivity index (χ3n) is 3.87. The third-order valence-corrected chi connectivity index (χ3v) is 3.87. The van der Waals surface area contributed by atoms with Gasteiger partial charge in [-0.1, -0.05) is 12.1 Å². The molecule has 0 aliphatic carbocycles. The third kappa shape index (κ3) is 5.45. The van der Waals surface area contributed by atoms with Crippen LogP contribution in [0.25, 0.3) is 0 Å². The van der Waals surface area contributed by atoms with Gasteiger partial charge in [0.2, 0.25) is 0 Å². The zero-order valence-electron chi connectivity index (χ0n) is 15.3. The maximum atomic E-state index is 14.6. The molecule has 0 fully saturated rings. The van der Waals surface area contributed by atoms with Gasteiger partial charge >= 0.3 is 18.4 Å². The van der Waals surface area contributed by atoms with Crippen LogP contribution in [0.4, 0.5) is 52.6 Å². The number of anilines is 3. The second-order valence-corrected chi connectivity index (χ2v) is 5.97. The van der Waals surface area contributed by atoms with E-state index in [9.17, 15) is 35.5 Å². The van der Waals surface area contributed by atoms with E-state index in [1.165, 1.54) is 6.92 Å². The van der Waals surface area contributed by atoms with Crippen molar-refractivity contribution in [1.82, 2.24) is 0 Å². The summed E-state index contributed by atoms with van der Waals surface area (Å²) in [6.45, 7) is 0.967. The van der Waals surface area contributed by atoms with Gasteiger partial charge in [0.15, 0.2) is 5.82 Å². The Morgan fingerprint density at radius 1 is 1.07 bits per heavy atom. The normalized spacial score (nSPS) is 11.9. The highest BCUT2D eigenvalue weighted by Crippen LogP contribution is 2.41. The summed E-state index contributed by atoms with van der Waals surface area (Å²) in [7, 11) is 0. The molecule has 30 heavy (non-hydrogen) atoms. The lowest BCUT2D eigenvalue weighted by atomic mass is 10.1. The van der Waals surface area contributed by atoms with E-state index in [1.54, 1.807) is 0 Å². The Hall–Kier alpha value is -3.18. The highest BCUT2D eigenvalue weighted by Gasteiger charge is 2.37. The molecule has 1 amide bonds. The Bertz CT molecular complexity index is 910. The first-order valence-corrected chi connectivity index (χ1v) is 8.37. The van der Waals surface area contributed by atoms with Gasteiger partial charge in [0.1, 0.15) is 0 Å². The number of benzene rings is 2. The smallest absolute Gasteiger partial charge is 0.418 e. The van der Waals surface area contributed by atoms with Crippen molar-refractivity contribution in [2.45, 2.75) is 25.8 Å². The highest BCUT2D eigenvalue weighted by molar-refractivity contribution is 5.90. The number of carbonyl (C=O) groups is 1. The Morgan fingerprint density at radius 2 is 1.67 bits per heavy atom. The summed E-state index contributed by atoms with van der Waals surface area (Å²) in [6.07, 6.45) is -10.7. The van der Waals surface area contributed by atoms with Gasteiger partial charge in [-0.2, -0.15) is 26.3 Å². The number of hydrogen-bond acceptors (Lipinski definition) is 4. The summed E-state index contributed by atoms with van der Waals surface area (Å²) >= 11 is 0. The molecule has 164 valence electrons. The Labute approximate surface area is 166 Å². The van der Waals surface area contributed by atoms with Crippen LogP contribution in [0.2, 0.25) is 0 Å². The number of rotatable bonds is 5. The van der Waals surface area contributed by atoms with E-state index in [4.69, 9.17) is 5.73 Å². The van der Waals surface area contributed by atoms with Gasteiger partial charge in [-0.3, -0.25) is 5.32 Å². The SMILES string of the molecule is CCOC(=O)Nc1cc(C(F)(F)F)c(NCc2ccc(C(F)(F)F)cc2)c(F)c1N. The second-order valence-electron chi connectivity index (χ2n) is 5.97. The second kappa shape index (κ2) is 8.67. The minimum Gasteiger partial charge on any atom is -0.450 e. The van der Waals surface area contributed by atoms with Crippen LogP contribution in [0.15, 0.2) is 30.3 Å². The van der Waals surface area contributed by atoms with Crippen LogP contribution >= 0.6 is 0 Å². The molecule has 4 N–H and O–H groups in total. The summed E-state index contributed by atoms with van der Waals surface area (Å²) in [5, 5.41) is 4.13. The quantitative estimate of drug-likeness (QED) is 0.417. The molecule has 0 heterocycles. The van der Waals surface area contributed by atoms with Crippen molar-refractivity contribution in [3.05, 3.63) is 52.8 Å². The average Bonchev–Trinajstić information content (AvgIpc) is 2.63. The fourth-order valence-corrected chi connectivity index (χ4v) is 2.44. The first kappa shape index (κ1) is 23.1. The lowest BCUT2D eigenvalue weighted by Gasteiger charge is -2.19. The number of amides is 1. The van der Waals surface area contributed by atoms with Gasteiger partial charge < -0.3 is 15.8 Å². The van der Waals surface area contributed by atoms with Crippen LogP contribution in [0.3, 0.4) is 0 Å². The number of nitrogens with one attached hydrogen (secondary N) is 2. The summed E-state index contributed by atoms with van der Waals surface area (Å²) in [5.41, 5.74) is 0.848. The lowest BCUT2D eigenvalue weighted by Crippen LogP contribution is -2.19. The van der Waals surface area contributed by atoms with E-state index in [2.05, 4.69) is 10.1 Å². The molecule has 0 saturated carbocycles. The zero-order valence-corrected chi connectivity index (χ0v) is 15.3. The predicted octanol–water partition coefficient (Wildman–Crippen LogP) is 5.63. The van der Waals surface area contributed by atoms with Gasteiger partial charge in [0.25, 0.3) is 0 Å². The molecule has 0 aliphatic rings. The van der Waals surface area contributed by atoms with Crippen molar-refractivity contribution in [1.29, 1.82) is 0 Å². The molecule has 12 heteroatoms. The van der Waals surface area contributed by atoms with Gasteiger partial charge in [0, 0.05) is 6.54 Å². The van der Waals surface area contributed by atoms with E-state index in [0.717, 1.165) is 24.3 Å². The minimum absolute atomic E-state index is 0.0763. The molecular formula is C18H16F7N3O2. The molecule has 0 bridgehead atoms. The maximum Gasteiger partial charge on any atom is 0.418 e. The van der Waals surface area contributed by atoms with Crippen molar-refractivity contribution in [3.8, 4) is 0 Å². The van der Waals surface area contributed by atoms with Crippen molar-refractivity contribution in [3.63, 3.8) is 0 Å². The molecule has 2 aromatic rings. The molecule has 0 atom stereocenters. The average molecular weight is 439 g/mol. The molecule has 0 radical (unpaired) electrons. The minimum atomic E-state index is -5.03. The molecule has 0 unspecified atom stereocenters. The monoisotopic (exact) mass is 439 g/mol. The van der Waals surface area contributed by atoms with Gasteiger partial charge in [0.05, 0.1) is 34.8 Å². The van der Waals surface area contributed by atoms with Crippen molar-refractivity contribution >= 4 is 23.2 Å². The number of nitrogens with two attached hydrogens (primary N) is 1. The largest absolute Gasteiger partial charge is 0.450 e. The van der Waals surface area contributed by atoms with Crippen LogP contribution in [0, 0.1) is 5.82 Å². The van der Waals surface area contributed by atoms with Crippen LogP contribution < -0.4 is 16.4 Å². The van der Waals surface area contributed by atoms with E-state index in [0.29, 0.717) is 6.07 Å². The zero-order chi connectivity index (χ0) is 22.7. The van der Waals surface area contributed by atoms with Crippen LogP contribution in [-0.4, -0.2) is 12.7 Å². The van der Waals surface area contributed by atoms with Gasteiger partial charge in [-0.15, -0.1) is 0 Å².